The number of aromatic nitrogens is 1. The van der Waals surface area contributed by atoms with Crippen LogP contribution in [0.3, 0.4) is 0 Å². The fourth-order valence-electron chi connectivity index (χ4n) is 2.21. The van der Waals surface area contributed by atoms with Crippen molar-refractivity contribution in [2.75, 3.05) is 24.7 Å². The highest BCUT2D eigenvalue weighted by molar-refractivity contribution is 7.97. The number of pyridine rings is 1. The van der Waals surface area contributed by atoms with Gasteiger partial charge in [0.05, 0.1) is 17.1 Å². The summed E-state index contributed by atoms with van der Waals surface area (Å²) in [6, 6.07) is 9.48. The lowest BCUT2D eigenvalue weighted by atomic mass is 10.1. The molecule has 0 unspecified atom stereocenters. The van der Waals surface area contributed by atoms with Crippen LogP contribution in [0.4, 0.5) is 18.9 Å². The van der Waals surface area contributed by atoms with Crippen molar-refractivity contribution in [3.8, 4) is 11.3 Å². The Morgan fingerprint density at radius 2 is 2.00 bits per heavy atom. The summed E-state index contributed by atoms with van der Waals surface area (Å²) >= 11 is 1.54. The first kappa shape index (κ1) is 20.8. The molecule has 0 aliphatic carbocycles. The van der Waals surface area contributed by atoms with Crippen molar-refractivity contribution in [2.24, 2.45) is 10.7 Å². The maximum absolute atomic E-state index is 13.1. The molecule has 0 bridgehead atoms. The van der Waals surface area contributed by atoms with Gasteiger partial charge in [-0.3, -0.25) is 4.72 Å². The van der Waals surface area contributed by atoms with Crippen molar-refractivity contribution >= 4 is 29.5 Å². The smallest absolute Gasteiger partial charge is 0.331 e. The zero-order valence-corrected chi connectivity index (χ0v) is 15.4. The topological polar surface area (TPSA) is 75.3 Å². The highest BCUT2D eigenvalue weighted by Crippen LogP contribution is 2.25. The Hall–Kier alpha value is -2.52. The molecule has 0 atom stereocenters. The molecule has 2 rings (SSSR count). The molecule has 0 amide bonds. The standard InChI is InChI=1S/C18H20F3N5S/c1-23-27-11-10-24-16-7-6-15(12-2-4-13(19)5-3-12)26-17(16)14(22)8-9-25-18(20)21/h2-9,18,23-24H,10-11,22H2,1H3/b14-8-,25-9+. The average Bonchev–Trinajstić information content (AvgIpc) is 2.65. The van der Waals surface area contributed by atoms with E-state index in [4.69, 9.17) is 5.73 Å². The number of nitrogens with two attached hydrogens (primary N) is 1. The van der Waals surface area contributed by atoms with Crippen LogP contribution < -0.4 is 15.8 Å². The Morgan fingerprint density at radius 1 is 1.26 bits per heavy atom. The lowest BCUT2D eigenvalue weighted by Crippen LogP contribution is -2.11. The van der Waals surface area contributed by atoms with E-state index in [0.29, 0.717) is 29.2 Å². The summed E-state index contributed by atoms with van der Waals surface area (Å²) in [4.78, 5) is 7.50. The van der Waals surface area contributed by atoms with E-state index in [1.807, 2.05) is 7.05 Å². The van der Waals surface area contributed by atoms with Crippen LogP contribution in [0.25, 0.3) is 17.0 Å². The van der Waals surface area contributed by atoms with E-state index >= 15 is 0 Å². The minimum atomic E-state index is -2.80. The van der Waals surface area contributed by atoms with E-state index in [-0.39, 0.29) is 11.5 Å². The highest BCUT2D eigenvalue weighted by Gasteiger charge is 2.10. The lowest BCUT2D eigenvalue weighted by Gasteiger charge is -2.13. The number of halogens is 3. The monoisotopic (exact) mass is 395 g/mol. The van der Waals surface area contributed by atoms with Crippen LogP contribution in [-0.2, 0) is 0 Å². The van der Waals surface area contributed by atoms with Crippen LogP contribution in [0.2, 0.25) is 0 Å². The van der Waals surface area contributed by atoms with E-state index in [0.717, 1.165) is 12.0 Å². The fraction of sp³-hybridized carbons (Fsp3) is 0.222. The van der Waals surface area contributed by atoms with Crippen molar-refractivity contribution in [3.05, 3.63) is 54.0 Å². The Morgan fingerprint density at radius 3 is 2.67 bits per heavy atom. The first-order valence-corrected chi connectivity index (χ1v) is 9.06. The first-order valence-electron chi connectivity index (χ1n) is 8.08. The van der Waals surface area contributed by atoms with Crippen LogP contribution >= 0.6 is 11.9 Å². The summed E-state index contributed by atoms with van der Waals surface area (Å²) < 4.78 is 40.5. The number of nitrogens with zero attached hydrogens (tertiary/aromatic N) is 2. The molecule has 0 fully saturated rings. The van der Waals surface area contributed by atoms with Crippen LogP contribution in [0.1, 0.15) is 5.69 Å². The first-order chi connectivity index (χ1) is 13.0. The molecule has 144 valence electrons. The number of allylic oxidation sites excluding steroid dienone is 1. The van der Waals surface area contributed by atoms with Gasteiger partial charge in [-0.15, -0.1) is 0 Å². The highest BCUT2D eigenvalue weighted by atomic mass is 32.2. The Bertz CT molecular complexity index is 794. The van der Waals surface area contributed by atoms with Crippen molar-refractivity contribution in [1.82, 2.24) is 9.71 Å². The molecule has 0 spiro atoms. The quantitative estimate of drug-likeness (QED) is 0.261. The van der Waals surface area contributed by atoms with Gasteiger partial charge in [-0.1, -0.05) is 11.9 Å². The number of rotatable bonds is 9. The predicted molar refractivity (Wildman–Crippen MR) is 106 cm³/mol. The lowest BCUT2D eigenvalue weighted by molar-refractivity contribution is 0.161. The molecule has 0 saturated carbocycles. The van der Waals surface area contributed by atoms with Gasteiger partial charge in [0.2, 0.25) is 0 Å². The maximum atomic E-state index is 13.1. The van der Waals surface area contributed by atoms with Gasteiger partial charge >= 0.3 is 6.55 Å². The fourth-order valence-corrected chi connectivity index (χ4v) is 2.62. The minimum Gasteiger partial charge on any atom is -0.397 e. The van der Waals surface area contributed by atoms with Crippen LogP contribution in [-0.4, -0.2) is 37.1 Å². The summed E-state index contributed by atoms with van der Waals surface area (Å²) in [6.45, 7) is -2.15. The zero-order chi connectivity index (χ0) is 19.6. The molecule has 0 aliphatic rings. The second-order valence-electron chi connectivity index (χ2n) is 5.28. The van der Waals surface area contributed by atoms with E-state index < -0.39 is 6.55 Å². The van der Waals surface area contributed by atoms with Gasteiger partial charge in [0.1, 0.15) is 11.5 Å². The van der Waals surface area contributed by atoms with Crippen LogP contribution in [0.5, 0.6) is 0 Å². The van der Waals surface area contributed by atoms with Crippen LogP contribution in [0, 0.1) is 5.82 Å². The predicted octanol–water partition coefficient (Wildman–Crippen LogP) is 3.76. The maximum Gasteiger partial charge on any atom is 0.331 e. The number of hydrogen-bond acceptors (Lipinski definition) is 6. The van der Waals surface area contributed by atoms with E-state index in [1.165, 1.54) is 18.2 Å². The molecule has 4 N–H and O–H groups in total. The molecular weight excluding hydrogens is 375 g/mol. The van der Waals surface area contributed by atoms with Gasteiger partial charge in [-0.05, 0) is 49.5 Å². The molecule has 1 aromatic heterocycles. The normalized spacial score (nSPS) is 12.1. The van der Waals surface area contributed by atoms with Gasteiger partial charge in [0.15, 0.2) is 0 Å². The number of anilines is 1. The van der Waals surface area contributed by atoms with Crippen molar-refractivity contribution < 1.29 is 13.2 Å². The minimum absolute atomic E-state index is 0.187. The summed E-state index contributed by atoms with van der Waals surface area (Å²) in [5.41, 5.74) is 8.59. The van der Waals surface area contributed by atoms with E-state index in [9.17, 15) is 13.2 Å². The zero-order valence-electron chi connectivity index (χ0n) is 14.6. The summed E-state index contributed by atoms with van der Waals surface area (Å²) in [6.07, 6.45) is 2.23. The van der Waals surface area contributed by atoms with Gasteiger partial charge in [0, 0.05) is 24.1 Å². The number of nitrogens with one attached hydrogen (secondary N) is 2. The molecular formula is C18H20F3N5S. The largest absolute Gasteiger partial charge is 0.397 e. The second kappa shape index (κ2) is 10.6. The summed E-state index contributed by atoms with van der Waals surface area (Å²) in [5, 5.41) is 3.22. The van der Waals surface area contributed by atoms with E-state index in [1.54, 1.807) is 36.2 Å². The summed E-state index contributed by atoms with van der Waals surface area (Å²) in [7, 11) is 1.83. The van der Waals surface area contributed by atoms with E-state index in [2.05, 4.69) is 20.0 Å². The Balaban J connectivity index is 2.33. The molecule has 1 heterocycles. The van der Waals surface area contributed by atoms with Crippen molar-refractivity contribution in [2.45, 2.75) is 6.55 Å². The molecule has 0 saturated heterocycles. The van der Waals surface area contributed by atoms with Gasteiger partial charge in [-0.2, -0.15) is 8.78 Å². The Labute approximate surface area is 160 Å². The van der Waals surface area contributed by atoms with Crippen molar-refractivity contribution in [1.29, 1.82) is 0 Å². The van der Waals surface area contributed by atoms with Gasteiger partial charge < -0.3 is 11.1 Å². The number of aliphatic imine (C=N–C) groups is 1. The number of alkyl halides is 2. The molecule has 5 nitrogen and oxygen atoms in total. The summed E-state index contributed by atoms with van der Waals surface area (Å²) in [5.74, 6) is 0.452. The molecule has 0 aliphatic heterocycles. The number of benzene rings is 1. The third kappa shape index (κ3) is 6.61. The molecule has 9 heteroatoms. The number of hydrogen-bond donors (Lipinski definition) is 3. The molecule has 27 heavy (non-hydrogen) atoms. The van der Waals surface area contributed by atoms with Gasteiger partial charge in [0.25, 0.3) is 0 Å². The van der Waals surface area contributed by atoms with Crippen molar-refractivity contribution in [3.63, 3.8) is 0 Å². The third-order valence-corrected chi connectivity index (χ3v) is 4.12. The Kier molecular flexibility index (Phi) is 8.15. The average molecular weight is 395 g/mol. The third-order valence-electron chi connectivity index (χ3n) is 3.43. The molecule has 1 aromatic carbocycles. The SMILES string of the molecule is CNSCCNc1ccc(-c2ccc(F)cc2)nc1/C(N)=C/C=N/C(F)F. The second-order valence-corrected chi connectivity index (χ2v) is 6.38. The van der Waals surface area contributed by atoms with Gasteiger partial charge in [-0.25, -0.2) is 14.4 Å². The molecule has 0 radical (unpaired) electrons. The van der Waals surface area contributed by atoms with Crippen LogP contribution in [0.15, 0.2) is 47.5 Å². The molecule has 2 aromatic rings.